The Morgan fingerprint density at radius 1 is 1.31 bits per heavy atom. The van der Waals surface area contributed by atoms with E-state index in [1.807, 2.05) is 0 Å². The predicted molar refractivity (Wildman–Crippen MR) is 65.2 cm³/mol. The Balaban J connectivity index is 1.82. The van der Waals surface area contributed by atoms with Crippen LogP contribution < -0.4 is 5.32 Å². The number of rotatable bonds is 3. The summed E-state index contributed by atoms with van der Waals surface area (Å²) in [6.45, 7) is 6.26. The van der Waals surface area contributed by atoms with E-state index in [2.05, 4.69) is 24.1 Å². The Morgan fingerprint density at radius 3 is 2.81 bits per heavy atom. The SMILES string of the molecule is CC(C)CCC(=O)N1CCC2CCC(C1)N2. The summed E-state index contributed by atoms with van der Waals surface area (Å²) in [4.78, 5) is 14.1. The molecule has 2 aliphatic heterocycles. The Hall–Kier alpha value is -0.570. The summed E-state index contributed by atoms with van der Waals surface area (Å²) in [6, 6.07) is 1.24. The molecule has 0 spiro atoms. The smallest absolute Gasteiger partial charge is 0.222 e. The van der Waals surface area contributed by atoms with Crippen molar-refractivity contribution in [3.63, 3.8) is 0 Å². The Morgan fingerprint density at radius 2 is 2.06 bits per heavy atom. The van der Waals surface area contributed by atoms with E-state index in [1.54, 1.807) is 0 Å². The highest BCUT2D eigenvalue weighted by Crippen LogP contribution is 2.21. The summed E-state index contributed by atoms with van der Waals surface area (Å²) < 4.78 is 0. The van der Waals surface area contributed by atoms with Crippen molar-refractivity contribution in [2.45, 2.75) is 58.0 Å². The van der Waals surface area contributed by atoms with Crippen molar-refractivity contribution in [1.29, 1.82) is 0 Å². The van der Waals surface area contributed by atoms with Gasteiger partial charge in [0.2, 0.25) is 5.91 Å². The van der Waals surface area contributed by atoms with Gasteiger partial charge in [0.15, 0.2) is 0 Å². The zero-order valence-electron chi connectivity index (χ0n) is 10.5. The van der Waals surface area contributed by atoms with E-state index in [1.165, 1.54) is 12.8 Å². The van der Waals surface area contributed by atoms with Crippen LogP contribution in [-0.4, -0.2) is 36.0 Å². The van der Waals surface area contributed by atoms with Crippen LogP contribution in [0.2, 0.25) is 0 Å². The van der Waals surface area contributed by atoms with Gasteiger partial charge in [-0.05, 0) is 31.6 Å². The molecule has 3 heteroatoms. The third-order valence-corrected chi connectivity index (χ3v) is 3.81. The molecule has 1 amide bonds. The van der Waals surface area contributed by atoms with Crippen molar-refractivity contribution >= 4 is 5.91 Å². The normalized spacial score (nSPS) is 29.6. The highest BCUT2D eigenvalue weighted by molar-refractivity contribution is 5.76. The Bertz CT molecular complexity index is 252. The van der Waals surface area contributed by atoms with Gasteiger partial charge in [-0.3, -0.25) is 4.79 Å². The van der Waals surface area contributed by atoms with E-state index in [0.29, 0.717) is 23.9 Å². The zero-order valence-corrected chi connectivity index (χ0v) is 10.5. The van der Waals surface area contributed by atoms with E-state index >= 15 is 0 Å². The van der Waals surface area contributed by atoms with Crippen LogP contribution in [0.4, 0.5) is 0 Å². The molecule has 0 aromatic heterocycles. The Labute approximate surface area is 98.6 Å². The Kier molecular flexibility index (Phi) is 3.85. The van der Waals surface area contributed by atoms with Crippen molar-refractivity contribution in [1.82, 2.24) is 10.2 Å². The lowest BCUT2D eigenvalue weighted by molar-refractivity contribution is -0.131. The van der Waals surface area contributed by atoms with Gasteiger partial charge >= 0.3 is 0 Å². The summed E-state index contributed by atoms with van der Waals surface area (Å²) in [6.07, 6.45) is 5.45. The number of nitrogens with one attached hydrogen (secondary N) is 1. The number of amides is 1. The topological polar surface area (TPSA) is 32.3 Å². The minimum atomic E-state index is 0.364. The fourth-order valence-corrected chi connectivity index (χ4v) is 2.74. The third-order valence-electron chi connectivity index (χ3n) is 3.81. The predicted octanol–water partition coefficient (Wildman–Crippen LogP) is 1.78. The number of hydrogen-bond acceptors (Lipinski definition) is 2. The molecule has 0 aromatic carbocycles. The van der Waals surface area contributed by atoms with Crippen LogP contribution in [-0.2, 0) is 4.79 Å². The second-order valence-corrected chi connectivity index (χ2v) is 5.70. The van der Waals surface area contributed by atoms with E-state index < -0.39 is 0 Å². The first-order valence-electron chi connectivity index (χ1n) is 6.69. The number of likely N-dealkylation sites (tertiary alicyclic amines) is 1. The molecule has 2 aliphatic rings. The first-order valence-corrected chi connectivity index (χ1v) is 6.69. The van der Waals surface area contributed by atoms with Crippen LogP contribution in [0.25, 0.3) is 0 Å². The van der Waals surface area contributed by atoms with Crippen molar-refractivity contribution in [2.24, 2.45) is 5.92 Å². The third kappa shape index (κ3) is 2.97. The molecular weight excluding hydrogens is 200 g/mol. The number of fused-ring (bicyclic) bond motifs is 2. The van der Waals surface area contributed by atoms with Crippen LogP contribution in [0.15, 0.2) is 0 Å². The fraction of sp³-hybridized carbons (Fsp3) is 0.923. The van der Waals surface area contributed by atoms with E-state index in [0.717, 1.165) is 32.4 Å². The fourth-order valence-electron chi connectivity index (χ4n) is 2.74. The minimum absolute atomic E-state index is 0.364. The van der Waals surface area contributed by atoms with Gasteiger partial charge in [-0.1, -0.05) is 13.8 Å². The molecule has 2 bridgehead atoms. The highest BCUT2D eigenvalue weighted by Gasteiger charge is 2.30. The average molecular weight is 224 g/mol. The molecule has 0 aliphatic carbocycles. The lowest BCUT2D eigenvalue weighted by Gasteiger charge is -2.24. The van der Waals surface area contributed by atoms with Gasteiger partial charge in [-0.2, -0.15) is 0 Å². The molecule has 2 saturated heterocycles. The molecule has 92 valence electrons. The number of carbonyl (C=O) groups is 1. The van der Waals surface area contributed by atoms with Crippen molar-refractivity contribution in [2.75, 3.05) is 13.1 Å². The molecule has 2 rings (SSSR count). The maximum Gasteiger partial charge on any atom is 0.222 e. The molecule has 2 atom stereocenters. The second kappa shape index (κ2) is 5.17. The van der Waals surface area contributed by atoms with Gasteiger partial charge in [0, 0.05) is 31.6 Å². The van der Waals surface area contributed by atoms with Gasteiger partial charge in [-0.25, -0.2) is 0 Å². The summed E-state index contributed by atoms with van der Waals surface area (Å²) in [5.74, 6) is 0.994. The summed E-state index contributed by atoms with van der Waals surface area (Å²) in [5.41, 5.74) is 0. The lowest BCUT2D eigenvalue weighted by Crippen LogP contribution is -2.39. The van der Waals surface area contributed by atoms with Crippen LogP contribution in [0, 0.1) is 5.92 Å². The van der Waals surface area contributed by atoms with E-state index in [4.69, 9.17) is 0 Å². The molecule has 3 nitrogen and oxygen atoms in total. The molecule has 0 saturated carbocycles. The number of carbonyl (C=O) groups excluding carboxylic acids is 1. The quantitative estimate of drug-likeness (QED) is 0.792. The van der Waals surface area contributed by atoms with Crippen molar-refractivity contribution < 1.29 is 4.79 Å². The minimum Gasteiger partial charge on any atom is -0.341 e. The standard InChI is InChI=1S/C13H24N2O/c1-10(2)3-6-13(16)15-8-7-11-4-5-12(9-15)14-11/h10-12,14H,3-9H2,1-2H3. The van der Waals surface area contributed by atoms with Crippen LogP contribution >= 0.6 is 0 Å². The monoisotopic (exact) mass is 224 g/mol. The maximum atomic E-state index is 12.0. The molecule has 16 heavy (non-hydrogen) atoms. The molecule has 2 fully saturated rings. The first kappa shape index (κ1) is 11.9. The van der Waals surface area contributed by atoms with Gasteiger partial charge < -0.3 is 10.2 Å². The summed E-state index contributed by atoms with van der Waals surface area (Å²) in [5, 5.41) is 3.61. The largest absolute Gasteiger partial charge is 0.341 e. The highest BCUT2D eigenvalue weighted by atomic mass is 16.2. The summed E-state index contributed by atoms with van der Waals surface area (Å²) >= 11 is 0. The molecule has 0 radical (unpaired) electrons. The van der Waals surface area contributed by atoms with Crippen molar-refractivity contribution in [3.05, 3.63) is 0 Å². The number of hydrogen-bond donors (Lipinski definition) is 1. The van der Waals surface area contributed by atoms with Crippen LogP contribution in [0.5, 0.6) is 0 Å². The maximum absolute atomic E-state index is 12.0. The van der Waals surface area contributed by atoms with Crippen molar-refractivity contribution in [3.8, 4) is 0 Å². The second-order valence-electron chi connectivity index (χ2n) is 5.70. The molecular formula is C13H24N2O. The van der Waals surface area contributed by atoms with E-state index in [-0.39, 0.29) is 0 Å². The van der Waals surface area contributed by atoms with Crippen LogP contribution in [0.3, 0.4) is 0 Å². The molecule has 0 aromatic rings. The van der Waals surface area contributed by atoms with Crippen LogP contribution in [0.1, 0.15) is 46.0 Å². The number of nitrogens with zero attached hydrogens (tertiary/aromatic N) is 1. The van der Waals surface area contributed by atoms with Gasteiger partial charge in [-0.15, -0.1) is 0 Å². The van der Waals surface area contributed by atoms with Gasteiger partial charge in [0.1, 0.15) is 0 Å². The summed E-state index contributed by atoms with van der Waals surface area (Å²) in [7, 11) is 0. The lowest BCUT2D eigenvalue weighted by atomic mass is 10.1. The molecule has 2 unspecified atom stereocenters. The molecule has 1 N–H and O–H groups in total. The van der Waals surface area contributed by atoms with Gasteiger partial charge in [0.05, 0.1) is 0 Å². The average Bonchev–Trinajstić information content (AvgIpc) is 2.55. The van der Waals surface area contributed by atoms with E-state index in [9.17, 15) is 4.79 Å². The zero-order chi connectivity index (χ0) is 11.5. The molecule has 2 heterocycles. The van der Waals surface area contributed by atoms with Gasteiger partial charge in [0.25, 0.3) is 0 Å². The first-order chi connectivity index (χ1) is 7.65.